The van der Waals surface area contributed by atoms with E-state index in [4.69, 9.17) is 0 Å². The van der Waals surface area contributed by atoms with Gasteiger partial charge in [-0.2, -0.15) is 10.2 Å². The molecule has 2 aromatic heterocycles. The lowest BCUT2D eigenvalue weighted by atomic mass is 10.2. The molecule has 0 bridgehead atoms. The normalized spacial score (nSPS) is 10.2. The van der Waals surface area contributed by atoms with Gasteiger partial charge in [-0.05, 0) is 6.07 Å². The zero-order valence-corrected chi connectivity index (χ0v) is 11.2. The number of nitrogens with zero attached hydrogens (tertiary/aromatic N) is 3. The number of carbonyl (C=O) groups excluding carboxylic acids is 1. The van der Waals surface area contributed by atoms with Crippen LogP contribution in [0.3, 0.4) is 0 Å². The lowest BCUT2D eigenvalue weighted by Gasteiger charge is -2.00. The van der Waals surface area contributed by atoms with E-state index in [1.165, 1.54) is 23.7 Å². The monoisotopic (exact) mass is 282 g/mol. The highest BCUT2D eigenvalue weighted by molar-refractivity contribution is 7.13. The molecule has 0 atom stereocenters. The molecule has 0 unspecified atom stereocenters. The Morgan fingerprint density at radius 2 is 1.95 bits per heavy atom. The fraction of sp³-hybridized carbons (Fsp3) is 0. The van der Waals surface area contributed by atoms with E-state index in [0.29, 0.717) is 11.4 Å². The van der Waals surface area contributed by atoms with Crippen LogP contribution in [0.5, 0.6) is 0 Å². The van der Waals surface area contributed by atoms with Crippen molar-refractivity contribution in [1.29, 1.82) is 0 Å². The van der Waals surface area contributed by atoms with Crippen molar-refractivity contribution in [2.45, 2.75) is 0 Å². The fourth-order valence-electron chi connectivity index (χ4n) is 1.65. The Balaban J connectivity index is 1.79. The number of hydrogen-bond acceptors (Lipinski definition) is 5. The number of hydrogen-bond donors (Lipinski definition) is 1. The minimum absolute atomic E-state index is 0.253. The maximum absolute atomic E-state index is 12.0. The van der Waals surface area contributed by atoms with Crippen LogP contribution in [0, 0.1) is 0 Å². The predicted octanol–water partition coefficient (Wildman–Crippen LogP) is 2.85. The number of nitrogens with one attached hydrogen (secondary N) is 1. The molecule has 0 aliphatic carbocycles. The predicted molar refractivity (Wildman–Crippen MR) is 77.5 cm³/mol. The molecule has 98 valence electrons. The molecule has 0 saturated carbocycles. The lowest BCUT2D eigenvalue weighted by molar-refractivity contribution is 0.102. The molecule has 3 aromatic rings. The quantitative estimate of drug-likeness (QED) is 0.802. The summed E-state index contributed by atoms with van der Waals surface area (Å²) in [6.07, 6.45) is 3.01. The summed E-state index contributed by atoms with van der Waals surface area (Å²) in [6, 6.07) is 11.4. The number of amides is 1. The van der Waals surface area contributed by atoms with Crippen molar-refractivity contribution in [3.8, 4) is 10.6 Å². The molecule has 6 heteroatoms. The van der Waals surface area contributed by atoms with Crippen LogP contribution in [-0.4, -0.2) is 21.1 Å². The van der Waals surface area contributed by atoms with Crippen LogP contribution in [0.4, 0.5) is 5.69 Å². The molecule has 1 amide bonds. The van der Waals surface area contributed by atoms with Crippen LogP contribution < -0.4 is 5.32 Å². The summed E-state index contributed by atoms with van der Waals surface area (Å²) < 4.78 is 0. The minimum Gasteiger partial charge on any atom is -0.319 e. The molecule has 5 nitrogen and oxygen atoms in total. The van der Waals surface area contributed by atoms with Crippen molar-refractivity contribution >= 4 is 22.9 Å². The Kier molecular flexibility index (Phi) is 3.47. The Labute approximate surface area is 119 Å². The van der Waals surface area contributed by atoms with Crippen molar-refractivity contribution in [3.05, 3.63) is 59.9 Å². The van der Waals surface area contributed by atoms with Gasteiger partial charge >= 0.3 is 0 Å². The summed E-state index contributed by atoms with van der Waals surface area (Å²) >= 11 is 1.44. The molecule has 0 aliphatic rings. The van der Waals surface area contributed by atoms with E-state index >= 15 is 0 Å². The third-order valence-electron chi connectivity index (χ3n) is 2.60. The standard InChI is InChI=1S/C14H10N4OS/c19-13(17-11-6-7-15-16-8-11)12-9-20-14(18-12)10-4-2-1-3-5-10/h1-9H,(H,15,17,19). The van der Waals surface area contributed by atoms with Gasteiger partial charge in [-0.15, -0.1) is 11.3 Å². The molecule has 0 radical (unpaired) electrons. The Hall–Kier alpha value is -2.60. The Morgan fingerprint density at radius 1 is 1.10 bits per heavy atom. The molecule has 0 fully saturated rings. The van der Waals surface area contributed by atoms with Gasteiger partial charge in [0.2, 0.25) is 0 Å². The average Bonchev–Trinajstić information content (AvgIpc) is 2.99. The first-order chi connectivity index (χ1) is 9.83. The first kappa shape index (κ1) is 12.4. The number of anilines is 1. The number of thiazole rings is 1. The highest BCUT2D eigenvalue weighted by Crippen LogP contribution is 2.23. The number of rotatable bonds is 3. The highest BCUT2D eigenvalue weighted by Gasteiger charge is 2.11. The van der Waals surface area contributed by atoms with Gasteiger partial charge < -0.3 is 5.32 Å². The summed E-state index contributed by atoms with van der Waals surface area (Å²) in [5.74, 6) is -0.253. The largest absolute Gasteiger partial charge is 0.319 e. The molecule has 0 saturated heterocycles. The van der Waals surface area contributed by atoms with E-state index in [1.807, 2.05) is 30.3 Å². The number of benzene rings is 1. The van der Waals surface area contributed by atoms with Gasteiger partial charge in [-0.1, -0.05) is 30.3 Å². The van der Waals surface area contributed by atoms with Gasteiger partial charge in [-0.25, -0.2) is 4.98 Å². The summed E-state index contributed by atoms with van der Waals surface area (Å²) in [5, 5.41) is 12.6. The van der Waals surface area contributed by atoms with Gasteiger partial charge in [0.25, 0.3) is 5.91 Å². The minimum atomic E-state index is -0.253. The molecule has 1 N–H and O–H groups in total. The molecule has 1 aromatic carbocycles. The average molecular weight is 282 g/mol. The topological polar surface area (TPSA) is 67.8 Å². The zero-order valence-electron chi connectivity index (χ0n) is 10.4. The molecule has 20 heavy (non-hydrogen) atoms. The van der Waals surface area contributed by atoms with Gasteiger partial charge in [-0.3, -0.25) is 4.79 Å². The van der Waals surface area contributed by atoms with E-state index in [9.17, 15) is 4.79 Å². The smallest absolute Gasteiger partial charge is 0.275 e. The van der Waals surface area contributed by atoms with E-state index in [1.54, 1.807) is 11.4 Å². The summed E-state index contributed by atoms with van der Waals surface area (Å²) in [7, 11) is 0. The Morgan fingerprint density at radius 3 is 2.70 bits per heavy atom. The second-order valence-corrected chi connectivity index (χ2v) is 4.85. The third kappa shape index (κ3) is 2.70. The van der Waals surface area contributed by atoms with E-state index in [0.717, 1.165) is 10.6 Å². The van der Waals surface area contributed by atoms with Gasteiger partial charge in [0.15, 0.2) is 0 Å². The van der Waals surface area contributed by atoms with Crippen LogP contribution in [0.25, 0.3) is 10.6 Å². The van der Waals surface area contributed by atoms with Gasteiger partial charge in [0.1, 0.15) is 10.7 Å². The van der Waals surface area contributed by atoms with Crippen LogP contribution >= 0.6 is 11.3 Å². The lowest BCUT2D eigenvalue weighted by Crippen LogP contribution is -2.12. The molecular weight excluding hydrogens is 272 g/mol. The molecule has 2 heterocycles. The highest BCUT2D eigenvalue weighted by atomic mass is 32.1. The maximum Gasteiger partial charge on any atom is 0.275 e. The zero-order chi connectivity index (χ0) is 13.8. The van der Waals surface area contributed by atoms with Crippen LogP contribution in [0.2, 0.25) is 0 Å². The maximum atomic E-state index is 12.0. The third-order valence-corrected chi connectivity index (χ3v) is 3.49. The first-order valence-corrected chi connectivity index (χ1v) is 6.80. The summed E-state index contributed by atoms with van der Waals surface area (Å²) in [5.41, 5.74) is 1.99. The second-order valence-electron chi connectivity index (χ2n) is 3.99. The molecule has 3 rings (SSSR count). The van der Waals surface area contributed by atoms with Crippen molar-refractivity contribution in [3.63, 3.8) is 0 Å². The van der Waals surface area contributed by atoms with Crippen molar-refractivity contribution in [2.24, 2.45) is 0 Å². The molecule has 0 spiro atoms. The summed E-state index contributed by atoms with van der Waals surface area (Å²) in [6.45, 7) is 0. The summed E-state index contributed by atoms with van der Waals surface area (Å²) in [4.78, 5) is 16.4. The van der Waals surface area contributed by atoms with Crippen LogP contribution in [-0.2, 0) is 0 Å². The SMILES string of the molecule is O=C(Nc1ccnnc1)c1csc(-c2ccccc2)n1. The second kappa shape index (κ2) is 5.58. The fourth-order valence-corrected chi connectivity index (χ4v) is 2.46. The van der Waals surface area contributed by atoms with Crippen molar-refractivity contribution in [2.75, 3.05) is 5.32 Å². The van der Waals surface area contributed by atoms with Crippen LogP contribution in [0.15, 0.2) is 54.2 Å². The first-order valence-electron chi connectivity index (χ1n) is 5.92. The van der Waals surface area contributed by atoms with E-state index < -0.39 is 0 Å². The number of carbonyl (C=O) groups is 1. The van der Waals surface area contributed by atoms with Crippen molar-refractivity contribution < 1.29 is 4.79 Å². The molecular formula is C14H10N4OS. The van der Waals surface area contributed by atoms with Crippen LogP contribution in [0.1, 0.15) is 10.5 Å². The Bertz CT molecular complexity index is 712. The van der Waals surface area contributed by atoms with Gasteiger partial charge in [0.05, 0.1) is 18.1 Å². The van der Waals surface area contributed by atoms with E-state index in [-0.39, 0.29) is 5.91 Å². The molecule has 0 aliphatic heterocycles. The van der Waals surface area contributed by atoms with Gasteiger partial charge in [0, 0.05) is 10.9 Å². The van der Waals surface area contributed by atoms with E-state index in [2.05, 4.69) is 20.5 Å². The van der Waals surface area contributed by atoms with Crippen molar-refractivity contribution in [1.82, 2.24) is 15.2 Å². The number of aromatic nitrogens is 3.